The van der Waals surface area contributed by atoms with Crippen LogP contribution in [0, 0.1) is 11.8 Å². The average Bonchev–Trinajstić information content (AvgIpc) is 2.46. The Kier molecular flexibility index (Phi) is 3.58. The molecule has 1 aliphatic carbocycles. The lowest BCUT2D eigenvalue weighted by Gasteiger charge is -2.28. The Morgan fingerprint density at radius 1 is 1.16 bits per heavy atom. The van der Waals surface area contributed by atoms with Crippen LogP contribution >= 0.6 is 0 Å². The van der Waals surface area contributed by atoms with Gasteiger partial charge < -0.3 is 5.32 Å². The molecule has 2 aromatic rings. The van der Waals surface area contributed by atoms with E-state index in [0.29, 0.717) is 5.65 Å². The molecule has 2 atom stereocenters. The Morgan fingerprint density at radius 3 is 2.89 bits per heavy atom. The van der Waals surface area contributed by atoms with Crippen molar-refractivity contribution in [2.45, 2.75) is 32.6 Å². The summed E-state index contributed by atoms with van der Waals surface area (Å²) in [6.07, 6.45) is 8.84. The van der Waals surface area contributed by atoms with Crippen LogP contribution in [0.25, 0.3) is 11.2 Å². The molecule has 0 saturated heterocycles. The van der Waals surface area contributed by atoms with Crippen LogP contribution < -0.4 is 5.32 Å². The Morgan fingerprint density at radius 2 is 2.00 bits per heavy atom. The van der Waals surface area contributed by atoms with Crippen molar-refractivity contribution in [3.63, 3.8) is 0 Å². The summed E-state index contributed by atoms with van der Waals surface area (Å²) in [5.74, 6) is 2.50. The van der Waals surface area contributed by atoms with Gasteiger partial charge >= 0.3 is 0 Å². The van der Waals surface area contributed by atoms with E-state index in [-0.39, 0.29) is 0 Å². The van der Waals surface area contributed by atoms with Gasteiger partial charge in [0.25, 0.3) is 0 Å². The fourth-order valence-corrected chi connectivity index (χ4v) is 2.88. The summed E-state index contributed by atoms with van der Waals surface area (Å²) in [6, 6.07) is 3.96. The topological polar surface area (TPSA) is 50.7 Å². The van der Waals surface area contributed by atoms with Gasteiger partial charge in [0.15, 0.2) is 5.65 Å². The molecule has 1 fully saturated rings. The lowest BCUT2D eigenvalue weighted by atomic mass is 9.80. The Labute approximate surface area is 113 Å². The fourth-order valence-electron chi connectivity index (χ4n) is 2.88. The van der Waals surface area contributed by atoms with Gasteiger partial charge in [0, 0.05) is 18.9 Å². The zero-order valence-electron chi connectivity index (χ0n) is 11.3. The van der Waals surface area contributed by atoms with Crippen molar-refractivity contribution in [1.29, 1.82) is 0 Å². The van der Waals surface area contributed by atoms with E-state index in [1.807, 2.05) is 12.1 Å². The highest BCUT2D eigenvalue weighted by Crippen LogP contribution is 2.29. The monoisotopic (exact) mass is 256 g/mol. The van der Waals surface area contributed by atoms with Crippen LogP contribution in [0.2, 0.25) is 0 Å². The highest BCUT2D eigenvalue weighted by atomic mass is 15.0. The molecule has 0 bridgehead atoms. The van der Waals surface area contributed by atoms with E-state index in [1.54, 1.807) is 12.4 Å². The van der Waals surface area contributed by atoms with Crippen LogP contribution in [0.1, 0.15) is 32.6 Å². The first-order valence-electron chi connectivity index (χ1n) is 7.14. The Hall–Kier alpha value is -1.71. The standard InChI is InChI=1S/C15H20N4/c1-11-4-2-3-5-12(11)10-18-14-7-6-13-15(19-14)17-9-8-16-13/h6-9,11-12H,2-5,10H2,1H3,(H,17,18,19). The lowest BCUT2D eigenvalue weighted by Crippen LogP contribution is -2.24. The van der Waals surface area contributed by atoms with Crippen molar-refractivity contribution in [3.05, 3.63) is 24.5 Å². The summed E-state index contributed by atoms with van der Waals surface area (Å²) in [4.78, 5) is 13.0. The van der Waals surface area contributed by atoms with E-state index in [0.717, 1.165) is 29.7 Å². The molecule has 1 N–H and O–H groups in total. The summed E-state index contributed by atoms with van der Waals surface area (Å²) in [6.45, 7) is 3.38. The van der Waals surface area contributed by atoms with E-state index in [9.17, 15) is 0 Å². The summed E-state index contributed by atoms with van der Waals surface area (Å²) >= 11 is 0. The molecule has 2 heterocycles. The number of pyridine rings is 1. The van der Waals surface area contributed by atoms with Gasteiger partial charge in [-0.3, -0.25) is 4.98 Å². The van der Waals surface area contributed by atoms with Crippen molar-refractivity contribution in [3.8, 4) is 0 Å². The number of nitrogens with zero attached hydrogens (tertiary/aromatic N) is 3. The van der Waals surface area contributed by atoms with E-state index in [1.165, 1.54) is 25.7 Å². The Bertz CT molecular complexity index is 555. The van der Waals surface area contributed by atoms with Crippen LogP contribution in [0.5, 0.6) is 0 Å². The van der Waals surface area contributed by atoms with Gasteiger partial charge in [0.1, 0.15) is 11.3 Å². The average molecular weight is 256 g/mol. The number of anilines is 1. The second-order valence-corrected chi connectivity index (χ2v) is 5.50. The minimum Gasteiger partial charge on any atom is -0.370 e. The van der Waals surface area contributed by atoms with Gasteiger partial charge in [-0.05, 0) is 30.4 Å². The van der Waals surface area contributed by atoms with Crippen molar-refractivity contribution in [1.82, 2.24) is 15.0 Å². The van der Waals surface area contributed by atoms with Gasteiger partial charge in [-0.15, -0.1) is 0 Å². The van der Waals surface area contributed by atoms with Gasteiger partial charge in [0.05, 0.1) is 0 Å². The normalized spacial score (nSPS) is 23.4. The molecule has 0 radical (unpaired) electrons. The predicted molar refractivity (Wildman–Crippen MR) is 76.9 cm³/mol. The van der Waals surface area contributed by atoms with Crippen LogP contribution in [0.15, 0.2) is 24.5 Å². The zero-order chi connectivity index (χ0) is 13.1. The van der Waals surface area contributed by atoms with Crippen LogP contribution in [0.4, 0.5) is 5.82 Å². The molecule has 4 nitrogen and oxygen atoms in total. The number of fused-ring (bicyclic) bond motifs is 1. The van der Waals surface area contributed by atoms with E-state index >= 15 is 0 Å². The molecule has 2 aromatic heterocycles. The first kappa shape index (κ1) is 12.3. The minimum atomic E-state index is 0.712. The quantitative estimate of drug-likeness (QED) is 0.915. The molecule has 0 spiro atoms. The lowest BCUT2D eigenvalue weighted by molar-refractivity contribution is 0.268. The van der Waals surface area contributed by atoms with Gasteiger partial charge in [0.2, 0.25) is 0 Å². The molecule has 0 aliphatic heterocycles. The summed E-state index contributed by atoms with van der Waals surface area (Å²) in [7, 11) is 0. The molecule has 0 aromatic carbocycles. The van der Waals surface area contributed by atoms with Crippen molar-refractivity contribution >= 4 is 17.0 Å². The molecule has 1 aliphatic rings. The van der Waals surface area contributed by atoms with Gasteiger partial charge in [-0.2, -0.15) is 0 Å². The molecule has 2 unspecified atom stereocenters. The molecule has 0 amide bonds. The molecular weight excluding hydrogens is 236 g/mol. The number of hydrogen-bond donors (Lipinski definition) is 1. The molecule has 100 valence electrons. The van der Waals surface area contributed by atoms with Gasteiger partial charge in [-0.25, -0.2) is 9.97 Å². The van der Waals surface area contributed by atoms with Crippen molar-refractivity contribution in [2.24, 2.45) is 11.8 Å². The van der Waals surface area contributed by atoms with Crippen LogP contribution in [0.3, 0.4) is 0 Å². The third-order valence-corrected chi connectivity index (χ3v) is 4.17. The van der Waals surface area contributed by atoms with E-state index in [2.05, 4.69) is 27.2 Å². The maximum absolute atomic E-state index is 4.50. The highest BCUT2D eigenvalue weighted by molar-refractivity contribution is 5.71. The molecular formula is C15H20N4. The third-order valence-electron chi connectivity index (χ3n) is 4.17. The Balaban J connectivity index is 1.67. The molecule has 3 rings (SSSR count). The zero-order valence-corrected chi connectivity index (χ0v) is 11.3. The summed E-state index contributed by atoms with van der Waals surface area (Å²) in [5, 5.41) is 3.46. The van der Waals surface area contributed by atoms with E-state index in [4.69, 9.17) is 0 Å². The number of rotatable bonds is 3. The predicted octanol–water partition coefficient (Wildman–Crippen LogP) is 3.26. The summed E-state index contributed by atoms with van der Waals surface area (Å²) < 4.78 is 0. The maximum atomic E-state index is 4.50. The fraction of sp³-hybridized carbons (Fsp3) is 0.533. The van der Waals surface area contributed by atoms with Gasteiger partial charge in [-0.1, -0.05) is 26.2 Å². The molecule has 1 saturated carbocycles. The first-order valence-corrected chi connectivity index (χ1v) is 7.14. The largest absolute Gasteiger partial charge is 0.370 e. The van der Waals surface area contributed by atoms with Crippen molar-refractivity contribution < 1.29 is 0 Å². The first-order chi connectivity index (χ1) is 9.33. The highest BCUT2D eigenvalue weighted by Gasteiger charge is 2.20. The van der Waals surface area contributed by atoms with Crippen LogP contribution in [-0.2, 0) is 0 Å². The van der Waals surface area contributed by atoms with Crippen LogP contribution in [-0.4, -0.2) is 21.5 Å². The van der Waals surface area contributed by atoms with Crippen molar-refractivity contribution in [2.75, 3.05) is 11.9 Å². The second kappa shape index (κ2) is 5.51. The summed E-state index contributed by atoms with van der Waals surface area (Å²) in [5.41, 5.74) is 1.56. The number of hydrogen-bond acceptors (Lipinski definition) is 4. The SMILES string of the molecule is CC1CCCCC1CNc1ccc2nccnc2n1. The maximum Gasteiger partial charge on any atom is 0.180 e. The van der Waals surface area contributed by atoms with E-state index < -0.39 is 0 Å². The second-order valence-electron chi connectivity index (χ2n) is 5.50. The molecule has 19 heavy (non-hydrogen) atoms. The number of aromatic nitrogens is 3. The third kappa shape index (κ3) is 2.83. The number of nitrogens with one attached hydrogen (secondary N) is 1. The molecule has 4 heteroatoms. The minimum absolute atomic E-state index is 0.712. The smallest absolute Gasteiger partial charge is 0.180 e.